The third kappa shape index (κ3) is 7.28. The monoisotopic (exact) mass is 391 g/mol. The van der Waals surface area contributed by atoms with Crippen LogP contribution in [0.25, 0.3) is 11.3 Å². The molecule has 0 bridgehead atoms. The van der Waals surface area contributed by atoms with Gasteiger partial charge in [-0.05, 0) is 48.3 Å². The van der Waals surface area contributed by atoms with E-state index < -0.39 is 0 Å². The minimum absolute atomic E-state index is 0.953. The maximum absolute atomic E-state index is 4.61. The molecule has 0 radical (unpaired) electrons. The number of benzene rings is 1. The van der Waals surface area contributed by atoms with Gasteiger partial charge in [-0.15, -0.1) is 0 Å². The highest BCUT2D eigenvalue weighted by atomic mass is 14.7. The molecule has 1 aliphatic carbocycles. The Morgan fingerprint density at radius 2 is 1.38 bits per heavy atom. The number of rotatable bonds is 11. The van der Waals surface area contributed by atoms with Gasteiger partial charge in [-0.25, -0.2) is 0 Å². The second-order valence-corrected chi connectivity index (χ2v) is 9.23. The van der Waals surface area contributed by atoms with E-state index >= 15 is 0 Å². The van der Waals surface area contributed by atoms with Crippen LogP contribution in [0.2, 0.25) is 0 Å². The predicted molar refractivity (Wildman–Crippen MR) is 126 cm³/mol. The lowest BCUT2D eigenvalue weighted by Crippen LogP contribution is -2.15. The molecule has 1 aliphatic rings. The molecule has 0 aliphatic heterocycles. The summed E-state index contributed by atoms with van der Waals surface area (Å²) in [6.07, 6.45) is 20.2. The van der Waals surface area contributed by atoms with Crippen molar-refractivity contribution in [2.24, 2.45) is 11.8 Å². The summed E-state index contributed by atoms with van der Waals surface area (Å²) in [5.41, 5.74) is 5.10. The lowest BCUT2D eigenvalue weighted by atomic mass is 9.77. The van der Waals surface area contributed by atoms with Gasteiger partial charge in [-0.3, -0.25) is 4.98 Å². The molecule has 1 fully saturated rings. The molecule has 1 aromatic carbocycles. The topological polar surface area (TPSA) is 12.9 Å². The van der Waals surface area contributed by atoms with Crippen LogP contribution < -0.4 is 0 Å². The number of hydrogen-bond acceptors (Lipinski definition) is 1. The predicted octanol–water partition coefficient (Wildman–Crippen LogP) is 8.41. The average molecular weight is 392 g/mol. The van der Waals surface area contributed by atoms with E-state index in [9.17, 15) is 0 Å². The first-order valence-electron chi connectivity index (χ1n) is 12.3. The number of aromatic nitrogens is 1. The first kappa shape index (κ1) is 22.1. The van der Waals surface area contributed by atoms with Crippen molar-refractivity contribution in [2.75, 3.05) is 0 Å². The van der Waals surface area contributed by atoms with Crippen molar-refractivity contribution in [3.05, 3.63) is 53.7 Å². The number of nitrogens with zero attached hydrogens (tertiary/aromatic N) is 1. The maximum Gasteiger partial charge on any atom is 0.0702 e. The molecule has 2 aromatic rings. The van der Waals surface area contributed by atoms with Crippen molar-refractivity contribution >= 4 is 0 Å². The number of aryl methyl sites for hydroxylation is 2. The molecule has 3 rings (SSSR count). The summed E-state index contributed by atoms with van der Waals surface area (Å²) in [5, 5.41) is 0. The van der Waals surface area contributed by atoms with E-state index in [2.05, 4.69) is 55.2 Å². The van der Waals surface area contributed by atoms with Crippen molar-refractivity contribution in [3.8, 4) is 11.3 Å². The summed E-state index contributed by atoms with van der Waals surface area (Å²) in [6.45, 7) is 4.48. The summed E-state index contributed by atoms with van der Waals surface area (Å²) in [4.78, 5) is 4.61. The molecule has 29 heavy (non-hydrogen) atoms. The van der Waals surface area contributed by atoms with Crippen molar-refractivity contribution in [1.82, 2.24) is 4.98 Å². The molecule has 0 unspecified atom stereocenters. The van der Waals surface area contributed by atoms with E-state index in [1.165, 1.54) is 93.7 Å². The normalized spacial score (nSPS) is 19.4. The third-order valence-corrected chi connectivity index (χ3v) is 7.01. The Bertz CT molecular complexity index is 677. The first-order chi connectivity index (χ1) is 14.3. The highest BCUT2D eigenvalue weighted by Crippen LogP contribution is 2.34. The minimum Gasteiger partial charge on any atom is -0.256 e. The van der Waals surface area contributed by atoms with Crippen molar-refractivity contribution in [3.63, 3.8) is 0 Å². The first-order valence-corrected chi connectivity index (χ1v) is 12.3. The zero-order chi connectivity index (χ0) is 20.3. The van der Waals surface area contributed by atoms with E-state index in [1.807, 2.05) is 6.20 Å². The Labute approximate surface area is 179 Å². The van der Waals surface area contributed by atoms with Gasteiger partial charge in [0.1, 0.15) is 0 Å². The summed E-state index contributed by atoms with van der Waals surface area (Å²) in [5.74, 6) is 1.98. The molecule has 0 atom stereocenters. The van der Waals surface area contributed by atoms with Crippen LogP contribution in [0.15, 0.2) is 42.6 Å². The van der Waals surface area contributed by atoms with Crippen molar-refractivity contribution < 1.29 is 0 Å². The highest BCUT2D eigenvalue weighted by molar-refractivity contribution is 5.59. The Morgan fingerprint density at radius 3 is 2.00 bits per heavy atom. The fraction of sp³-hybridized carbons (Fsp3) is 0.607. The van der Waals surface area contributed by atoms with Gasteiger partial charge in [0.15, 0.2) is 0 Å². The molecule has 0 amide bonds. The summed E-state index contributed by atoms with van der Waals surface area (Å²) >= 11 is 0. The third-order valence-electron chi connectivity index (χ3n) is 7.01. The van der Waals surface area contributed by atoms with Crippen LogP contribution in [0.3, 0.4) is 0 Å². The number of pyridine rings is 1. The van der Waals surface area contributed by atoms with Crippen LogP contribution in [0.5, 0.6) is 0 Å². The van der Waals surface area contributed by atoms with E-state index in [0.29, 0.717) is 0 Å². The SMILES string of the molecule is CCCCCCCC1CCC(CCc2ccc(-c3ccc(CC)cn3)cc2)CC1. The smallest absolute Gasteiger partial charge is 0.0702 e. The van der Waals surface area contributed by atoms with Gasteiger partial charge >= 0.3 is 0 Å². The van der Waals surface area contributed by atoms with Crippen LogP contribution in [0, 0.1) is 11.8 Å². The highest BCUT2D eigenvalue weighted by Gasteiger charge is 2.20. The Balaban J connectivity index is 1.36. The Morgan fingerprint density at radius 1 is 0.724 bits per heavy atom. The number of hydrogen-bond donors (Lipinski definition) is 0. The Kier molecular flexibility index (Phi) is 9.25. The van der Waals surface area contributed by atoms with Gasteiger partial charge in [0.2, 0.25) is 0 Å². The molecule has 1 nitrogen and oxygen atoms in total. The fourth-order valence-electron chi connectivity index (χ4n) is 4.86. The van der Waals surface area contributed by atoms with Crippen molar-refractivity contribution in [2.45, 2.75) is 97.3 Å². The van der Waals surface area contributed by atoms with Gasteiger partial charge in [0.25, 0.3) is 0 Å². The average Bonchev–Trinajstić information content (AvgIpc) is 2.79. The largest absolute Gasteiger partial charge is 0.256 e. The summed E-state index contributed by atoms with van der Waals surface area (Å²) in [6, 6.07) is 13.5. The minimum atomic E-state index is 0.953. The van der Waals surface area contributed by atoms with E-state index in [4.69, 9.17) is 0 Å². The zero-order valence-electron chi connectivity index (χ0n) is 18.8. The van der Waals surface area contributed by atoms with Gasteiger partial charge in [0.05, 0.1) is 5.69 Å². The van der Waals surface area contributed by atoms with Gasteiger partial charge in [-0.1, -0.05) is 108 Å². The van der Waals surface area contributed by atoms with E-state index in [0.717, 1.165) is 24.0 Å². The maximum atomic E-state index is 4.61. The molecule has 1 aromatic heterocycles. The van der Waals surface area contributed by atoms with Gasteiger partial charge < -0.3 is 0 Å². The second-order valence-electron chi connectivity index (χ2n) is 9.23. The van der Waals surface area contributed by atoms with E-state index in [-0.39, 0.29) is 0 Å². The van der Waals surface area contributed by atoms with Crippen LogP contribution >= 0.6 is 0 Å². The van der Waals surface area contributed by atoms with Crippen LogP contribution in [-0.4, -0.2) is 4.98 Å². The van der Waals surface area contributed by atoms with Crippen molar-refractivity contribution in [1.29, 1.82) is 0 Å². The van der Waals surface area contributed by atoms with Gasteiger partial charge in [0, 0.05) is 11.8 Å². The Hall–Kier alpha value is -1.63. The summed E-state index contributed by atoms with van der Waals surface area (Å²) in [7, 11) is 0. The molecule has 0 N–H and O–H groups in total. The molecule has 0 saturated heterocycles. The second kappa shape index (κ2) is 12.2. The lowest BCUT2D eigenvalue weighted by molar-refractivity contribution is 0.248. The van der Waals surface area contributed by atoms with Gasteiger partial charge in [-0.2, -0.15) is 0 Å². The van der Waals surface area contributed by atoms with Crippen LogP contribution in [0.4, 0.5) is 0 Å². The molecule has 1 saturated carbocycles. The standard InChI is InChI=1S/C28H41N/c1-3-5-6-7-8-9-24-10-12-25(13-11-24)14-15-26-16-19-27(20-17-26)28-21-18-23(4-2)22-29-28/h16-22,24-25H,3-15H2,1-2H3. The van der Waals surface area contributed by atoms with E-state index in [1.54, 1.807) is 0 Å². The molecule has 1 heterocycles. The van der Waals surface area contributed by atoms with Crippen LogP contribution in [-0.2, 0) is 12.8 Å². The molecular weight excluding hydrogens is 350 g/mol. The molecular formula is C28H41N. The quantitative estimate of drug-likeness (QED) is 0.350. The fourth-order valence-corrected chi connectivity index (χ4v) is 4.86. The molecule has 1 heteroatoms. The summed E-state index contributed by atoms with van der Waals surface area (Å²) < 4.78 is 0. The zero-order valence-corrected chi connectivity index (χ0v) is 18.8. The lowest BCUT2D eigenvalue weighted by Gasteiger charge is -2.28. The number of unbranched alkanes of at least 4 members (excludes halogenated alkanes) is 4. The molecule has 158 valence electrons. The molecule has 0 spiro atoms. The van der Waals surface area contributed by atoms with Crippen LogP contribution in [0.1, 0.15) is 95.6 Å².